The molecular weight excluding hydrogens is 1160 g/mol. The topological polar surface area (TPSA) is 250 Å². The molecule has 14 rings (SSSR count). The molecule has 0 aliphatic carbocycles. The monoisotopic (exact) mass is 1230 g/mol. The smallest absolute Gasteiger partial charge is 0.262 e. The van der Waals surface area contributed by atoms with Crippen molar-refractivity contribution in [3.63, 3.8) is 0 Å². The second-order valence-electron chi connectivity index (χ2n) is 25.5. The van der Waals surface area contributed by atoms with Gasteiger partial charge in [0.2, 0.25) is 11.8 Å². The number of primary amides is 2. The number of nitrogens with one attached hydrogen (secondary N) is 2. The summed E-state index contributed by atoms with van der Waals surface area (Å²) in [4.78, 5) is 91.7. The number of carbonyl (C=O) groups excluding carboxylic acids is 6. The van der Waals surface area contributed by atoms with Gasteiger partial charge in [-0.05, 0) is 102 Å². The molecule has 12 aromatic rings. The van der Waals surface area contributed by atoms with Crippen LogP contribution >= 0.6 is 0 Å². The van der Waals surface area contributed by atoms with Crippen LogP contribution in [0.25, 0.3) is 87.0 Å². The number of hydrogen-bond acceptors (Lipinski definition) is 10. The average molecular weight is 1240 g/mol. The van der Waals surface area contributed by atoms with Crippen molar-refractivity contribution >= 4 is 131 Å². The molecule has 7 N–H and O–H groups in total. The fourth-order valence-electron chi connectivity index (χ4n) is 13.5. The Hall–Kier alpha value is -10.1. The molecule has 8 aromatic carbocycles. The number of nitrogens with zero attached hydrogens (tertiary/aromatic N) is 4. The summed E-state index contributed by atoms with van der Waals surface area (Å²) < 4.78 is 21.7. The van der Waals surface area contributed by atoms with Gasteiger partial charge in [0, 0.05) is 106 Å². The molecule has 0 saturated heterocycles. The van der Waals surface area contributed by atoms with E-state index in [9.17, 15) is 33.9 Å². The Balaban J connectivity index is 0.000000168. The number of imide groups is 2. The number of aliphatic hydroxyl groups excluding tert-OH is 1. The van der Waals surface area contributed by atoms with Crippen molar-refractivity contribution in [2.24, 2.45) is 25.6 Å². The van der Waals surface area contributed by atoms with Gasteiger partial charge in [-0.2, -0.15) is 0 Å². The molecule has 462 valence electrons. The van der Waals surface area contributed by atoms with Crippen molar-refractivity contribution < 1.29 is 47.8 Å². The molecule has 0 saturated carbocycles. The molecular formula is C72H70N8O10Si. The Kier molecular flexibility index (Phi) is 14.8. The van der Waals surface area contributed by atoms with Gasteiger partial charge in [0.05, 0.1) is 94.6 Å². The van der Waals surface area contributed by atoms with Crippen LogP contribution in [0, 0.1) is 0 Å². The highest BCUT2D eigenvalue weighted by Gasteiger charge is 2.44. The SMILES string of the molecule is COc1ccc2c(c1)[nH]c1c3cc(CC(N)=O)c4ccn(C)c4c3c3c(c21)C(=O)N(CCC(O)c1ccccc1)C3=O.COc1ccc2c(c1)[nH]c1c3cc(CC(N)=O)c4ccn(C)c4c3c3c(c21)C(=O)N(CCC(O[Si](C)(C)C(C)(C)C)c1ccccc1)C3=O. The van der Waals surface area contributed by atoms with E-state index in [4.69, 9.17) is 25.4 Å². The number of aromatic amines is 2. The second kappa shape index (κ2) is 22.4. The van der Waals surface area contributed by atoms with E-state index in [1.807, 2.05) is 157 Å². The van der Waals surface area contributed by atoms with Gasteiger partial charge in [-0.3, -0.25) is 38.6 Å². The van der Waals surface area contributed by atoms with Crippen LogP contribution < -0.4 is 20.9 Å². The van der Waals surface area contributed by atoms with Gasteiger partial charge in [-0.25, -0.2) is 0 Å². The van der Waals surface area contributed by atoms with Gasteiger partial charge in [-0.15, -0.1) is 0 Å². The molecule has 2 atom stereocenters. The summed E-state index contributed by atoms with van der Waals surface area (Å²) in [6.45, 7) is 11.3. The van der Waals surface area contributed by atoms with Gasteiger partial charge in [-0.1, -0.05) is 81.4 Å². The van der Waals surface area contributed by atoms with Gasteiger partial charge < -0.3 is 49.6 Å². The summed E-state index contributed by atoms with van der Waals surface area (Å²) in [7, 11) is 4.76. The first-order valence-corrected chi connectivity index (χ1v) is 33.3. The zero-order valence-electron chi connectivity index (χ0n) is 52.2. The third-order valence-corrected chi connectivity index (χ3v) is 23.4. The second-order valence-corrected chi connectivity index (χ2v) is 30.2. The minimum atomic E-state index is -2.21. The molecule has 0 spiro atoms. The summed E-state index contributed by atoms with van der Waals surface area (Å²) in [5, 5.41) is 18.1. The van der Waals surface area contributed by atoms with E-state index in [0.717, 1.165) is 82.2 Å². The van der Waals surface area contributed by atoms with E-state index < -0.39 is 38.1 Å². The molecule has 91 heavy (non-hydrogen) atoms. The number of fused-ring (bicyclic) bond motifs is 20. The predicted octanol–water partition coefficient (Wildman–Crippen LogP) is 12.5. The van der Waals surface area contributed by atoms with E-state index in [-0.39, 0.29) is 55.3 Å². The third kappa shape index (κ3) is 9.85. The van der Waals surface area contributed by atoms with Crippen molar-refractivity contribution in [1.29, 1.82) is 0 Å². The zero-order valence-corrected chi connectivity index (χ0v) is 53.2. The Labute approximate surface area is 524 Å². The summed E-state index contributed by atoms with van der Waals surface area (Å²) in [5.41, 5.74) is 20.4. The van der Waals surface area contributed by atoms with Crippen molar-refractivity contribution in [2.45, 2.75) is 76.8 Å². The van der Waals surface area contributed by atoms with Gasteiger partial charge >= 0.3 is 0 Å². The number of aryl methyl sites for hydroxylation is 2. The maximum absolute atomic E-state index is 14.7. The highest BCUT2D eigenvalue weighted by molar-refractivity contribution is 6.74. The van der Waals surface area contributed by atoms with Gasteiger partial charge in [0.25, 0.3) is 23.6 Å². The first kappa shape index (κ1) is 59.9. The van der Waals surface area contributed by atoms with Gasteiger partial charge in [0.15, 0.2) is 8.32 Å². The summed E-state index contributed by atoms with van der Waals surface area (Å²) >= 11 is 0. The zero-order chi connectivity index (χ0) is 64.3. The molecule has 2 aliphatic heterocycles. The minimum absolute atomic E-state index is 0.0219. The number of nitrogens with two attached hydrogens (primary N) is 2. The number of ether oxygens (including phenoxy) is 2. The maximum Gasteiger partial charge on any atom is 0.262 e. The molecule has 0 bridgehead atoms. The lowest BCUT2D eigenvalue weighted by atomic mass is 9.91. The Morgan fingerprint density at radius 1 is 0.538 bits per heavy atom. The minimum Gasteiger partial charge on any atom is -0.497 e. The fraction of sp³-hybridized carbons (Fsp3) is 0.250. The summed E-state index contributed by atoms with van der Waals surface area (Å²) in [6, 6.07) is 38.1. The molecule has 6 heterocycles. The van der Waals surface area contributed by atoms with Crippen LogP contribution in [0.5, 0.6) is 11.5 Å². The van der Waals surface area contributed by atoms with Crippen LogP contribution in [-0.4, -0.2) is 105 Å². The predicted molar refractivity (Wildman–Crippen MR) is 357 cm³/mol. The van der Waals surface area contributed by atoms with Crippen molar-refractivity contribution in [3.8, 4) is 11.5 Å². The quantitative estimate of drug-likeness (QED) is 0.0452. The Morgan fingerprint density at radius 3 is 1.35 bits per heavy atom. The average Bonchev–Trinajstić information content (AvgIpc) is 1.56. The lowest BCUT2D eigenvalue weighted by Gasteiger charge is -2.39. The molecule has 2 unspecified atom stereocenters. The molecule has 4 aromatic heterocycles. The van der Waals surface area contributed by atoms with Crippen LogP contribution in [0.15, 0.2) is 134 Å². The lowest BCUT2D eigenvalue weighted by molar-refractivity contribution is -0.118. The molecule has 0 fully saturated rings. The number of methoxy groups -OCH3 is 2. The number of amides is 6. The number of aliphatic hydroxyl groups is 1. The standard InChI is InChI=1S/C39H42N4O5Si.C33H28N4O5/c1-39(2,3)49(6,7)48-29(22-11-9-8-10-12-22)16-18-43-37(45)33-31-26-14-13-24(47-5)21-28(26)41-35(31)27-19-23(20-30(40)44)25-15-17-42(4)36(25)32(27)34(33)38(43)46;1-36-12-10-20-18(15-25(34)39)14-22-27(31(20)36)29-28(26-21-9-8-19(42-2)16-23(21)35-30(22)26)32(40)37(33(29)41)13-11-24(38)17-6-4-3-5-7-17/h8-15,17,19,21,29,41H,16,18,20H2,1-7H3,(H2,40,44);3-10,12,14,16,24,35,38H,11,13,15H2,1-2H3,(H2,34,39). The van der Waals surface area contributed by atoms with Crippen LogP contribution in [0.1, 0.15) is 110 Å². The maximum atomic E-state index is 14.7. The van der Waals surface area contributed by atoms with Crippen LogP contribution in [0.4, 0.5) is 0 Å². The van der Waals surface area contributed by atoms with Crippen LogP contribution in [0.3, 0.4) is 0 Å². The van der Waals surface area contributed by atoms with E-state index in [0.29, 0.717) is 67.2 Å². The molecule has 0 radical (unpaired) electrons. The molecule has 6 amide bonds. The van der Waals surface area contributed by atoms with Crippen molar-refractivity contribution in [1.82, 2.24) is 28.9 Å². The Morgan fingerprint density at radius 2 is 0.945 bits per heavy atom. The normalized spacial score (nSPS) is 14.3. The third-order valence-electron chi connectivity index (χ3n) is 18.9. The summed E-state index contributed by atoms with van der Waals surface area (Å²) in [6.07, 6.45) is 3.37. The van der Waals surface area contributed by atoms with Crippen LogP contribution in [-0.2, 0) is 41.0 Å². The molecule has 19 heteroatoms. The first-order chi connectivity index (χ1) is 43.5. The highest BCUT2D eigenvalue weighted by atomic mass is 28.4. The van der Waals surface area contributed by atoms with E-state index in [1.54, 1.807) is 14.2 Å². The lowest BCUT2D eigenvalue weighted by Crippen LogP contribution is -2.42. The number of hydrogen-bond donors (Lipinski definition) is 5. The van der Waals surface area contributed by atoms with Gasteiger partial charge in [0.1, 0.15) is 11.5 Å². The fourth-order valence-corrected chi connectivity index (χ4v) is 14.8. The molecule has 18 nitrogen and oxygen atoms in total. The highest BCUT2D eigenvalue weighted by Crippen LogP contribution is 2.48. The van der Waals surface area contributed by atoms with Crippen molar-refractivity contribution in [3.05, 3.63) is 178 Å². The first-order valence-electron chi connectivity index (χ1n) is 30.4. The largest absolute Gasteiger partial charge is 0.497 e. The number of benzene rings is 8. The van der Waals surface area contributed by atoms with Crippen molar-refractivity contribution in [2.75, 3.05) is 27.3 Å². The number of rotatable bonds is 16. The number of carbonyl (C=O) groups is 6. The Bertz CT molecular complexity index is 5070. The molecule has 2 aliphatic rings. The van der Waals surface area contributed by atoms with E-state index in [2.05, 4.69) is 43.8 Å². The summed E-state index contributed by atoms with van der Waals surface area (Å²) in [5.74, 6) is -1.07. The van der Waals surface area contributed by atoms with E-state index in [1.165, 1.54) is 9.80 Å². The van der Waals surface area contributed by atoms with E-state index >= 15 is 0 Å². The van der Waals surface area contributed by atoms with Crippen LogP contribution in [0.2, 0.25) is 18.1 Å². The number of H-pyrrole nitrogens is 2. The number of aromatic nitrogens is 4.